The van der Waals surface area contributed by atoms with Gasteiger partial charge >= 0.3 is 0 Å². The van der Waals surface area contributed by atoms with Crippen LogP contribution in [0, 0.1) is 5.92 Å². The Balaban J connectivity index is 1.36. The third-order valence-electron chi connectivity index (χ3n) is 6.86. The van der Waals surface area contributed by atoms with E-state index < -0.39 is 0 Å². The van der Waals surface area contributed by atoms with Crippen LogP contribution in [0.2, 0.25) is 0 Å². The summed E-state index contributed by atoms with van der Waals surface area (Å²) in [6.45, 7) is 6.95. The highest BCUT2D eigenvalue weighted by Crippen LogP contribution is 2.61. The van der Waals surface area contributed by atoms with Crippen LogP contribution in [0.3, 0.4) is 0 Å². The highest BCUT2D eigenvalue weighted by atomic mass is 16.5. The zero-order valence-electron chi connectivity index (χ0n) is 17.4. The fourth-order valence-electron chi connectivity index (χ4n) is 4.98. The molecule has 6 heteroatoms. The molecule has 1 aliphatic carbocycles. The second-order valence-electron chi connectivity index (χ2n) is 9.01. The first-order valence-corrected chi connectivity index (χ1v) is 10.6. The average molecular weight is 396 g/mol. The van der Waals surface area contributed by atoms with Gasteiger partial charge in [-0.25, -0.2) is 0 Å². The van der Waals surface area contributed by atoms with Crippen molar-refractivity contribution in [3.8, 4) is 5.75 Å². The Bertz CT molecular complexity index is 937. The van der Waals surface area contributed by atoms with E-state index in [1.807, 2.05) is 24.3 Å². The van der Waals surface area contributed by atoms with Gasteiger partial charge in [0.2, 0.25) is 5.91 Å². The number of morpholine rings is 1. The maximum absolute atomic E-state index is 13.5. The first-order chi connectivity index (χ1) is 14.0. The number of hydrogen-bond acceptors (Lipinski definition) is 4. The predicted molar refractivity (Wildman–Crippen MR) is 109 cm³/mol. The molecule has 0 N–H and O–H groups in total. The molecule has 154 valence electrons. The van der Waals surface area contributed by atoms with Crippen LogP contribution in [0.15, 0.2) is 30.6 Å². The molecule has 1 aromatic heterocycles. The molecule has 1 aromatic carbocycles. The molecule has 29 heavy (non-hydrogen) atoms. The van der Waals surface area contributed by atoms with E-state index in [2.05, 4.69) is 37.1 Å². The summed E-state index contributed by atoms with van der Waals surface area (Å²) >= 11 is 0. The number of carbonyl (C=O) groups is 1. The number of aryl methyl sites for hydroxylation is 1. The summed E-state index contributed by atoms with van der Waals surface area (Å²) in [6, 6.07) is 6.53. The zero-order valence-corrected chi connectivity index (χ0v) is 17.4. The molecule has 0 radical (unpaired) electrons. The van der Waals surface area contributed by atoms with Gasteiger partial charge < -0.3 is 14.4 Å². The van der Waals surface area contributed by atoms with Crippen LogP contribution in [-0.4, -0.2) is 46.9 Å². The number of hydrogen-bond donors (Lipinski definition) is 0. The largest absolute Gasteiger partial charge is 0.493 e. The Morgan fingerprint density at radius 3 is 2.93 bits per heavy atom. The number of carbonyl (C=O) groups excluding carboxylic acids is 1. The lowest BCUT2D eigenvalue weighted by atomic mass is 9.85. The topological polar surface area (TPSA) is 56.6 Å². The molecule has 5 rings (SSSR count). The summed E-state index contributed by atoms with van der Waals surface area (Å²) in [5.41, 5.74) is 3.55. The van der Waals surface area contributed by atoms with Gasteiger partial charge in [0.25, 0.3) is 0 Å². The monoisotopic (exact) mass is 395 g/mol. The van der Waals surface area contributed by atoms with Crippen LogP contribution in [0.1, 0.15) is 55.4 Å². The van der Waals surface area contributed by atoms with E-state index in [0.717, 1.165) is 24.2 Å². The summed E-state index contributed by atoms with van der Waals surface area (Å²) < 4.78 is 13.6. The summed E-state index contributed by atoms with van der Waals surface area (Å²) in [4.78, 5) is 15.5. The quantitative estimate of drug-likeness (QED) is 0.801. The molecule has 0 unspecified atom stereocenters. The van der Waals surface area contributed by atoms with Crippen molar-refractivity contribution >= 4 is 5.91 Å². The van der Waals surface area contributed by atoms with Gasteiger partial charge in [0.1, 0.15) is 11.9 Å². The molecule has 1 saturated carbocycles. The van der Waals surface area contributed by atoms with Crippen molar-refractivity contribution < 1.29 is 14.3 Å². The van der Waals surface area contributed by atoms with Crippen LogP contribution in [0.4, 0.5) is 0 Å². The lowest BCUT2D eigenvalue weighted by Crippen LogP contribution is -2.44. The third-order valence-corrected chi connectivity index (χ3v) is 6.86. The van der Waals surface area contributed by atoms with Crippen LogP contribution < -0.4 is 4.74 Å². The maximum atomic E-state index is 13.5. The van der Waals surface area contributed by atoms with Gasteiger partial charge in [-0.15, -0.1) is 0 Å². The first kappa shape index (κ1) is 18.7. The molecule has 1 amide bonds. The number of nitrogens with zero attached hydrogens (tertiary/aromatic N) is 3. The molecule has 2 aliphatic heterocycles. The van der Waals surface area contributed by atoms with Crippen molar-refractivity contribution in [1.29, 1.82) is 0 Å². The second kappa shape index (κ2) is 6.87. The summed E-state index contributed by atoms with van der Waals surface area (Å²) in [6.07, 6.45) is 5.57. The molecular formula is C23H29N3O3. The molecule has 3 atom stereocenters. The van der Waals surface area contributed by atoms with Crippen LogP contribution in [0.5, 0.6) is 5.75 Å². The van der Waals surface area contributed by atoms with E-state index in [0.29, 0.717) is 32.2 Å². The molecule has 1 saturated heterocycles. The van der Waals surface area contributed by atoms with Crippen molar-refractivity contribution in [2.75, 3.05) is 26.3 Å². The molecular weight excluding hydrogens is 366 g/mol. The van der Waals surface area contributed by atoms with E-state index >= 15 is 0 Å². The van der Waals surface area contributed by atoms with E-state index in [1.165, 1.54) is 11.1 Å². The number of benzene rings is 1. The minimum Gasteiger partial charge on any atom is -0.493 e. The van der Waals surface area contributed by atoms with Crippen molar-refractivity contribution in [3.63, 3.8) is 0 Å². The summed E-state index contributed by atoms with van der Waals surface area (Å²) in [7, 11) is 1.90. The fourth-order valence-corrected chi connectivity index (χ4v) is 4.98. The van der Waals surface area contributed by atoms with E-state index in [9.17, 15) is 4.79 Å². The van der Waals surface area contributed by atoms with Gasteiger partial charge in [-0.3, -0.25) is 9.48 Å². The average Bonchev–Trinajstić information content (AvgIpc) is 3.27. The predicted octanol–water partition coefficient (Wildman–Crippen LogP) is 3.18. The normalized spacial score (nSPS) is 28.3. The Labute approximate surface area is 171 Å². The number of aromatic nitrogens is 2. The minimum absolute atomic E-state index is 0.0440. The Morgan fingerprint density at radius 2 is 2.17 bits per heavy atom. The number of rotatable bonds is 3. The smallest absolute Gasteiger partial charge is 0.226 e. The molecule has 2 fully saturated rings. The van der Waals surface area contributed by atoms with Crippen LogP contribution >= 0.6 is 0 Å². The molecule has 1 spiro atoms. The van der Waals surface area contributed by atoms with Gasteiger partial charge in [0.15, 0.2) is 0 Å². The molecule has 3 heterocycles. The Kier molecular flexibility index (Phi) is 4.42. The molecule has 2 aromatic rings. The van der Waals surface area contributed by atoms with Crippen molar-refractivity contribution in [2.45, 2.75) is 44.1 Å². The first-order valence-electron chi connectivity index (χ1n) is 10.6. The number of fused-ring (bicyclic) bond motifs is 2. The zero-order chi connectivity index (χ0) is 20.2. The second-order valence-corrected chi connectivity index (χ2v) is 9.01. The van der Waals surface area contributed by atoms with Gasteiger partial charge in [-0.1, -0.05) is 26.0 Å². The summed E-state index contributed by atoms with van der Waals surface area (Å²) in [5.74, 6) is 1.75. The fraction of sp³-hybridized carbons (Fsp3) is 0.565. The lowest BCUT2D eigenvalue weighted by Gasteiger charge is -2.34. The van der Waals surface area contributed by atoms with Crippen molar-refractivity contribution in [1.82, 2.24) is 14.7 Å². The standard InChI is InChI=1S/C23H29N3O3/c1-15(2)16-4-5-20-18(10-16)23(6-8-28-20)11-19(23)22(27)26-7-9-29-21(14-26)17-12-24-25(3)13-17/h4-5,10,12-13,15,19,21H,6-9,11,14H2,1-3H3/t19-,21-,23-/m0/s1. The number of amides is 1. The Morgan fingerprint density at radius 1 is 1.31 bits per heavy atom. The highest BCUT2D eigenvalue weighted by Gasteiger charge is 2.62. The van der Waals surface area contributed by atoms with E-state index in [-0.39, 0.29) is 23.3 Å². The van der Waals surface area contributed by atoms with Gasteiger partial charge in [0, 0.05) is 42.2 Å². The van der Waals surface area contributed by atoms with Crippen molar-refractivity contribution in [3.05, 3.63) is 47.3 Å². The van der Waals surface area contributed by atoms with Gasteiger partial charge in [-0.05, 0) is 30.4 Å². The van der Waals surface area contributed by atoms with E-state index in [1.54, 1.807) is 4.68 Å². The van der Waals surface area contributed by atoms with Crippen LogP contribution in [0.25, 0.3) is 0 Å². The van der Waals surface area contributed by atoms with Crippen LogP contribution in [-0.2, 0) is 22.0 Å². The highest BCUT2D eigenvalue weighted by molar-refractivity contribution is 5.85. The molecule has 3 aliphatic rings. The minimum atomic E-state index is -0.0920. The molecule has 0 bridgehead atoms. The van der Waals surface area contributed by atoms with E-state index in [4.69, 9.17) is 9.47 Å². The van der Waals surface area contributed by atoms with Gasteiger partial charge in [-0.2, -0.15) is 5.10 Å². The SMILES string of the molecule is CC(C)c1ccc2c(c1)[C@]1(CCO2)C[C@H]1C(=O)N1CCO[C@H](c2cnn(C)c2)C1. The molecule has 6 nitrogen and oxygen atoms in total. The van der Waals surface area contributed by atoms with Gasteiger partial charge in [0.05, 0.1) is 26.0 Å². The maximum Gasteiger partial charge on any atom is 0.226 e. The van der Waals surface area contributed by atoms with Crippen molar-refractivity contribution in [2.24, 2.45) is 13.0 Å². The third kappa shape index (κ3) is 3.14. The Hall–Kier alpha value is -2.34. The number of ether oxygens (including phenoxy) is 2. The summed E-state index contributed by atoms with van der Waals surface area (Å²) in [5, 5.41) is 4.24. The lowest BCUT2D eigenvalue weighted by molar-refractivity contribution is -0.141.